The highest BCUT2D eigenvalue weighted by Crippen LogP contribution is 2.18. The van der Waals surface area contributed by atoms with Gasteiger partial charge in [-0.25, -0.2) is 0 Å². The van der Waals surface area contributed by atoms with Crippen LogP contribution >= 0.6 is 0 Å². The lowest BCUT2D eigenvalue weighted by Crippen LogP contribution is -2.20. The van der Waals surface area contributed by atoms with Crippen LogP contribution in [0.4, 0.5) is 0 Å². The van der Waals surface area contributed by atoms with Crippen LogP contribution in [0.5, 0.6) is 0 Å². The van der Waals surface area contributed by atoms with Crippen LogP contribution in [0.1, 0.15) is 114 Å². The van der Waals surface area contributed by atoms with E-state index in [9.17, 15) is 0 Å². The summed E-state index contributed by atoms with van der Waals surface area (Å²) in [5.74, 6) is 2.78. The van der Waals surface area contributed by atoms with Gasteiger partial charge in [0.25, 0.3) is 0 Å². The lowest BCUT2D eigenvalue weighted by molar-refractivity contribution is 0.384. The third-order valence-corrected chi connectivity index (χ3v) is 4.70. The van der Waals surface area contributed by atoms with E-state index in [1.807, 2.05) is 13.8 Å². The van der Waals surface area contributed by atoms with Crippen molar-refractivity contribution in [3.63, 3.8) is 0 Å². The van der Waals surface area contributed by atoms with Crippen LogP contribution in [0.2, 0.25) is 0 Å². The maximum atomic E-state index is 3.37. The molecule has 1 N–H and O–H groups in total. The standard InChI is InChI=1S/C10H22.C6H13N.C4H10.C2H6/c1-5-7-10(4)8-9(3)6-2;1-5-3-4-7-6(5)2;1-3-4-2;1-2/h9-10H,5-8H2,1-4H3;5-7H,3-4H2,1-2H3;3-4H2,1-2H3;1-2H3. The third kappa shape index (κ3) is 22.0. The van der Waals surface area contributed by atoms with Gasteiger partial charge in [0.1, 0.15) is 0 Å². The largest absolute Gasteiger partial charge is 0.314 e. The summed E-state index contributed by atoms with van der Waals surface area (Å²) in [6.07, 6.45) is 9.52. The fraction of sp³-hybridized carbons (Fsp3) is 1.00. The molecule has 0 radical (unpaired) electrons. The lowest BCUT2D eigenvalue weighted by Gasteiger charge is -2.14. The summed E-state index contributed by atoms with van der Waals surface area (Å²) in [5.41, 5.74) is 0. The molecule has 1 nitrogen and oxygen atoms in total. The highest BCUT2D eigenvalue weighted by molar-refractivity contribution is 4.75. The molecule has 1 rings (SSSR count). The first-order chi connectivity index (χ1) is 10.9. The fourth-order valence-corrected chi connectivity index (χ4v) is 2.45. The molecule has 1 heteroatoms. The van der Waals surface area contributed by atoms with Gasteiger partial charge >= 0.3 is 0 Å². The van der Waals surface area contributed by atoms with E-state index in [4.69, 9.17) is 0 Å². The molecule has 1 fully saturated rings. The molecular weight excluding hydrogens is 278 g/mol. The zero-order valence-electron chi connectivity index (χ0n) is 18.5. The van der Waals surface area contributed by atoms with Crippen LogP contribution < -0.4 is 5.32 Å². The molecule has 1 heterocycles. The second-order valence-electron chi connectivity index (χ2n) is 7.15. The average molecular weight is 330 g/mol. The van der Waals surface area contributed by atoms with Gasteiger partial charge in [-0.05, 0) is 44.1 Å². The van der Waals surface area contributed by atoms with Gasteiger partial charge in [0.2, 0.25) is 0 Å². The SMILES string of the molecule is CC.CC1CCNC1C.CCCC.CCCC(C)CC(C)CC. The Morgan fingerprint density at radius 3 is 1.61 bits per heavy atom. The molecule has 4 atom stereocenters. The highest BCUT2D eigenvalue weighted by Gasteiger charge is 2.16. The average Bonchev–Trinajstić information content (AvgIpc) is 2.93. The van der Waals surface area contributed by atoms with Crippen molar-refractivity contribution < 1.29 is 0 Å². The first-order valence-electron chi connectivity index (χ1n) is 10.7. The number of unbranched alkanes of at least 4 members (excludes halogenated alkanes) is 1. The van der Waals surface area contributed by atoms with Gasteiger partial charge in [0, 0.05) is 6.04 Å². The van der Waals surface area contributed by atoms with Crippen molar-refractivity contribution in [1.82, 2.24) is 5.32 Å². The Hall–Kier alpha value is -0.0400. The molecule has 0 aromatic heterocycles. The van der Waals surface area contributed by atoms with Crippen LogP contribution in [0.25, 0.3) is 0 Å². The molecule has 0 saturated carbocycles. The monoisotopic (exact) mass is 329 g/mol. The minimum atomic E-state index is 0.764. The predicted molar refractivity (Wildman–Crippen MR) is 111 cm³/mol. The van der Waals surface area contributed by atoms with Gasteiger partial charge in [-0.1, -0.05) is 94.4 Å². The van der Waals surface area contributed by atoms with E-state index in [0.29, 0.717) is 0 Å². The molecule has 144 valence electrons. The van der Waals surface area contributed by atoms with E-state index in [1.165, 1.54) is 51.5 Å². The summed E-state index contributed by atoms with van der Waals surface area (Å²) in [6, 6.07) is 0.764. The van der Waals surface area contributed by atoms with Crippen LogP contribution in [0, 0.1) is 17.8 Å². The summed E-state index contributed by atoms with van der Waals surface area (Å²) in [7, 11) is 0. The highest BCUT2D eigenvalue weighted by atomic mass is 14.9. The second-order valence-corrected chi connectivity index (χ2v) is 7.15. The van der Waals surface area contributed by atoms with Gasteiger partial charge in [-0.15, -0.1) is 0 Å². The normalized spacial score (nSPS) is 21.7. The molecule has 0 bridgehead atoms. The summed E-state index contributed by atoms with van der Waals surface area (Å²) >= 11 is 0. The van der Waals surface area contributed by atoms with Crippen LogP contribution in [-0.4, -0.2) is 12.6 Å². The summed E-state index contributed by atoms with van der Waals surface area (Å²) in [4.78, 5) is 0. The molecule has 1 aliphatic rings. The minimum Gasteiger partial charge on any atom is -0.314 e. The van der Waals surface area contributed by atoms with Gasteiger partial charge in [0.15, 0.2) is 0 Å². The molecule has 0 spiro atoms. The third-order valence-electron chi connectivity index (χ3n) is 4.70. The maximum absolute atomic E-state index is 3.37. The zero-order valence-corrected chi connectivity index (χ0v) is 18.5. The Morgan fingerprint density at radius 2 is 1.39 bits per heavy atom. The Balaban J connectivity index is -0.000000267. The van der Waals surface area contributed by atoms with E-state index in [-0.39, 0.29) is 0 Å². The molecular formula is C22H51N. The Labute approximate surface area is 150 Å². The zero-order chi connectivity index (χ0) is 18.7. The lowest BCUT2D eigenvalue weighted by atomic mass is 9.92. The van der Waals surface area contributed by atoms with Crippen LogP contribution in [-0.2, 0) is 0 Å². The van der Waals surface area contributed by atoms with Crippen molar-refractivity contribution in [2.45, 2.75) is 120 Å². The first kappa shape index (κ1) is 27.8. The molecule has 0 amide bonds. The maximum Gasteiger partial charge on any atom is 0.00648 e. The molecule has 23 heavy (non-hydrogen) atoms. The summed E-state index contributed by atoms with van der Waals surface area (Å²) < 4.78 is 0. The van der Waals surface area contributed by atoms with E-state index in [1.54, 1.807) is 0 Å². The van der Waals surface area contributed by atoms with Crippen LogP contribution in [0.15, 0.2) is 0 Å². The van der Waals surface area contributed by atoms with Crippen molar-refractivity contribution in [1.29, 1.82) is 0 Å². The quantitative estimate of drug-likeness (QED) is 0.526. The van der Waals surface area contributed by atoms with Gasteiger partial charge in [0.05, 0.1) is 0 Å². The van der Waals surface area contributed by atoms with E-state index in [2.05, 4.69) is 60.7 Å². The summed E-state index contributed by atoms with van der Waals surface area (Å²) in [5, 5.41) is 3.37. The van der Waals surface area contributed by atoms with Gasteiger partial charge < -0.3 is 5.32 Å². The van der Waals surface area contributed by atoms with Crippen molar-refractivity contribution in [2.75, 3.05) is 6.54 Å². The molecule has 0 aliphatic carbocycles. The predicted octanol–water partition coefficient (Wildman–Crippen LogP) is 7.70. The van der Waals surface area contributed by atoms with E-state index >= 15 is 0 Å². The van der Waals surface area contributed by atoms with Crippen molar-refractivity contribution in [3.05, 3.63) is 0 Å². The number of hydrogen-bond donors (Lipinski definition) is 1. The molecule has 0 aromatic rings. The van der Waals surface area contributed by atoms with Crippen LogP contribution in [0.3, 0.4) is 0 Å². The van der Waals surface area contributed by atoms with E-state index in [0.717, 1.165) is 23.8 Å². The van der Waals surface area contributed by atoms with Crippen molar-refractivity contribution >= 4 is 0 Å². The minimum absolute atomic E-state index is 0.764. The Bertz CT molecular complexity index is 180. The molecule has 0 aromatic carbocycles. The fourth-order valence-electron chi connectivity index (χ4n) is 2.45. The molecule has 4 unspecified atom stereocenters. The number of nitrogens with one attached hydrogen (secondary N) is 1. The second kappa shape index (κ2) is 22.0. The number of rotatable bonds is 6. The van der Waals surface area contributed by atoms with Crippen molar-refractivity contribution in [2.24, 2.45) is 17.8 Å². The smallest absolute Gasteiger partial charge is 0.00648 e. The molecule has 1 aliphatic heterocycles. The van der Waals surface area contributed by atoms with Gasteiger partial charge in [-0.2, -0.15) is 0 Å². The topological polar surface area (TPSA) is 12.0 Å². The first-order valence-corrected chi connectivity index (χ1v) is 10.7. The molecule has 1 saturated heterocycles. The Morgan fingerprint density at radius 1 is 0.870 bits per heavy atom. The van der Waals surface area contributed by atoms with Gasteiger partial charge in [-0.3, -0.25) is 0 Å². The van der Waals surface area contributed by atoms with E-state index < -0.39 is 0 Å². The van der Waals surface area contributed by atoms with Crippen molar-refractivity contribution in [3.8, 4) is 0 Å². The summed E-state index contributed by atoms with van der Waals surface area (Å²) in [6.45, 7) is 23.4. The number of hydrogen-bond acceptors (Lipinski definition) is 1. The Kier molecular flexibility index (Phi) is 26.5.